The lowest BCUT2D eigenvalue weighted by Gasteiger charge is -2.37. The van der Waals surface area contributed by atoms with Gasteiger partial charge in [-0.1, -0.05) is 18.2 Å². The molecule has 7 nitrogen and oxygen atoms in total. The summed E-state index contributed by atoms with van der Waals surface area (Å²) in [6.07, 6.45) is 4.73. The van der Waals surface area contributed by atoms with Crippen molar-refractivity contribution in [1.29, 1.82) is 0 Å². The van der Waals surface area contributed by atoms with E-state index in [1.54, 1.807) is 24.5 Å². The molecule has 2 heterocycles. The van der Waals surface area contributed by atoms with Gasteiger partial charge in [-0.15, -0.1) is 0 Å². The van der Waals surface area contributed by atoms with Crippen molar-refractivity contribution in [3.63, 3.8) is 0 Å². The lowest BCUT2D eigenvalue weighted by atomic mass is 9.88. The second-order valence-corrected chi connectivity index (χ2v) is 7.22. The molecule has 1 aliphatic rings. The molecule has 3 rings (SSSR count). The Hall–Kier alpha value is -2.77. The van der Waals surface area contributed by atoms with E-state index in [-0.39, 0.29) is 17.9 Å². The molecule has 0 saturated carbocycles. The highest BCUT2D eigenvalue weighted by molar-refractivity contribution is 5.89. The Kier molecular flexibility index (Phi) is 6.95. The Balaban J connectivity index is 1.68. The van der Waals surface area contributed by atoms with Gasteiger partial charge in [0.15, 0.2) is 0 Å². The van der Waals surface area contributed by atoms with E-state index in [1.165, 1.54) is 7.11 Å². The summed E-state index contributed by atoms with van der Waals surface area (Å²) in [6.45, 7) is 3.56. The molecule has 1 amide bonds. The Morgan fingerprint density at radius 2 is 1.93 bits per heavy atom. The summed E-state index contributed by atoms with van der Waals surface area (Å²) < 4.78 is 10.2. The van der Waals surface area contributed by atoms with Gasteiger partial charge in [0, 0.05) is 32.2 Å². The molecule has 1 saturated heterocycles. The third-order valence-electron chi connectivity index (χ3n) is 5.31. The molecule has 0 spiro atoms. The smallest absolute Gasteiger partial charge is 0.337 e. The molecule has 0 unspecified atom stereocenters. The molecule has 0 bridgehead atoms. The number of ether oxygens (including phenoxy) is 2. The highest BCUT2D eigenvalue weighted by atomic mass is 16.5. The normalized spacial score (nSPS) is 16.6. The topological polar surface area (TPSA) is 89.5 Å². The van der Waals surface area contributed by atoms with Crippen LogP contribution in [0.15, 0.2) is 48.8 Å². The van der Waals surface area contributed by atoms with Crippen molar-refractivity contribution in [1.82, 2.24) is 15.6 Å². The van der Waals surface area contributed by atoms with E-state index in [4.69, 9.17) is 9.47 Å². The highest BCUT2D eigenvalue weighted by Gasteiger charge is 2.40. The lowest BCUT2D eigenvalue weighted by Crippen LogP contribution is -2.59. The quantitative estimate of drug-likeness (QED) is 0.698. The van der Waals surface area contributed by atoms with Crippen molar-refractivity contribution < 1.29 is 19.1 Å². The van der Waals surface area contributed by atoms with Gasteiger partial charge in [-0.2, -0.15) is 0 Å². The Labute approximate surface area is 170 Å². The van der Waals surface area contributed by atoms with Crippen molar-refractivity contribution in [2.75, 3.05) is 20.3 Å². The van der Waals surface area contributed by atoms with E-state index < -0.39 is 5.54 Å². The number of carbonyl (C=O) groups excluding carboxylic acids is 2. The van der Waals surface area contributed by atoms with Crippen LogP contribution in [0.25, 0.3) is 0 Å². The molecule has 2 N–H and O–H groups in total. The van der Waals surface area contributed by atoms with Crippen LogP contribution < -0.4 is 10.6 Å². The van der Waals surface area contributed by atoms with E-state index in [1.807, 2.05) is 31.2 Å². The van der Waals surface area contributed by atoms with Gasteiger partial charge in [-0.25, -0.2) is 4.79 Å². The minimum absolute atomic E-state index is 0.0470. The number of aromatic nitrogens is 1. The zero-order chi connectivity index (χ0) is 20.7. The van der Waals surface area contributed by atoms with E-state index in [9.17, 15) is 9.59 Å². The fourth-order valence-corrected chi connectivity index (χ4v) is 3.42. The first-order valence-corrected chi connectivity index (χ1v) is 9.75. The predicted octanol–water partition coefficient (Wildman–Crippen LogP) is 2.38. The van der Waals surface area contributed by atoms with Crippen LogP contribution in [0.4, 0.5) is 0 Å². The Morgan fingerprint density at radius 3 is 2.55 bits per heavy atom. The summed E-state index contributed by atoms with van der Waals surface area (Å²) in [7, 11) is 1.35. The summed E-state index contributed by atoms with van der Waals surface area (Å²) in [5, 5.41) is 6.56. The monoisotopic (exact) mass is 397 g/mol. The minimum atomic E-state index is -0.686. The van der Waals surface area contributed by atoms with Gasteiger partial charge in [-0.05, 0) is 49.1 Å². The average molecular weight is 397 g/mol. The van der Waals surface area contributed by atoms with Gasteiger partial charge >= 0.3 is 5.97 Å². The maximum absolute atomic E-state index is 13.2. The van der Waals surface area contributed by atoms with Crippen LogP contribution in [-0.4, -0.2) is 42.7 Å². The van der Waals surface area contributed by atoms with Crippen molar-refractivity contribution in [3.05, 3.63) is 65.5 Å². The van der Waals surface area contributed by atoms with Crippen LogP contribution in [0.1, 0.15) is 47.3 Å². The second-order valence-electron chi connectivity index (χ2n) is 7.22. The van der Waals surface area contributed by atoms with Crippen molar-refractivity contribution in [2.24, 2.45) is 0 Å². The van der Waals surface area contributed by atoms with E-state index in [0.29, 0.717) is 38.2 Å². The molecule has 0 aliphatic carbocycles. The van der Waals surface area contributed by atoms with E-state index >= 15 is 0 Å². The molecule has 1 aromatic carbocycles. The first-order valence-electron chi connectivity index (χ1n) is 9.75. The SMILES string of the molecule is COC(=O)c1ccc([C@H](C)NC(=O)C2(NCc3cccnc3)CCOCC2)cc1. The number of hydrogen-bond acceptors (Lipinski definition) is 6. The average Bonchev–Trinajstić information content (AvgIpc) is 2.78. The molecule has 7 heteroatoms. The van der Waals surface area contributed by atoms with Gasteiger partial charge < -0.3 is 14.8 Å². The summed E-state index contributed by atoms with van der Waals surface area (Å²) in [5.41, 5.74) is 1.74. The van der Waals surface area contributed by atoms with Gasteiger partial charge in [0.2, 0.25) is 5.91 Å². The van der Waals surface area contributed by atoms with Crippen LogP contribution in [0, 0.1) is 0 Å². The molecule has 1 atom stereocenters. The van der Waals surface area contributed by atoms with Crippen LogP contribution in [0.2, 0.25) is 0 Å². The van der Waals surface area contributed by atoms with Gasteiger partial charge in [0.1, 0.15) is 5.54 Å². The molecule has 1 aromatic heterocycles. The number of nitrogens with one attached hydrogen (secondary N) is 2. The molecule has 1 fully saturated rings. The Bertz CT molecular complexity index is 818. The molecular weight excluding hydrogens is 370 g/mol. The van der Waals surface area contributed by atoms with E-state index in [2.05, 4.69) is 15.6 Å². The zero-order valence-corrected chi connectivity index (χ0v) is 16.8. The molecule has 2 aromatic rings. The van der Waals surface area contributed by atoms with Crippen LogP contribution in [-0.2, 0) is 20.8 Å². The largest absolute Gasteiger partial charge is 0.465 e. The first kappa shape index (κ1) is 21.0. The number of rotatable bonds is 7. The highest BCUT2D eigenvalue weighted by Crippen LogP contribution is 2.24. The summed E-state index contributed by atoms with van der Waals surface area (Å²) >= 11 is 0. The van der Waals surface area contributed by atoms with Crippen molar-refractivity contribution >= 4 is 11.9 Å². The summed E-state index contributed by atoms with van der Waals surface area (Å²) in [4.78, 5) is 29.0. The number of nitrogens with zero attached hydrogens (tertiary/aromatic N) is 1. The maximum Gasteiger partial charge on any atom is 0.337 e. The van der Waals surface area contributed by atoms with Gasteiger partial charge in [0.05, 0.1) is 18.7 Å². The Morgan fingerprint density at radius 1 is 1.21 bits per heavy atom. The number of pyridine rings is 1. The molecular formula is C22H27N3O4. The number of esters is 1. The fraction of sp³-hybridized carbons (Fsp3) is 0.409. The van der Waals surface area contributed by atoms with Gasteiger partial charge in [-0.3, -0.25) is 15.1 Å². The number of benzene rings is 1. The van der Waals surface area contributed by atoms with Gasteiger partial charge in [0.25, 0.3) is 0 Å². The summed E-state index contributed by atoms with van der Waals surface area (Å²) in [5.74, 6) is -0.428. The lowest BCUT2D eigenvalue weighted by molar-refractivity contribution is -0.132. The molecule has 1 aliphatic heterocycles. The van der Waals surface area contributed by atoms with Crippen molar-refractivity contribution in [2.45, 2.75) is 37.9 Å². The molecule has 0 radical (unpaired) electrons. The molecule has 154 valence electrons. The third kappa shape index (κ3) is 5.19. The minimum Gasteiger partial charge on any atom is -0.465 e. The summed E-state index contributed by atoms with van der Waals surface area (Å²) in [6, 6.07) is 10.7. The number of amides is 1. The third-order valence-corrected chi connectivity index (χ3v) is 5.31. The maximum atomic E-state index is 13.2. The number of carbonyl (C=O) groups is 2. The number of hydrogen-bond donors (Lipinski definition) is 2. The first-order chi connectivity index (χ1) is 14.0. The van der Waals surface area contributed by atoms with Crippen LogP contribution in [0.3, 0.4) is 0 Å². The number of methoxy groups -OCH3 is 1. The zero-order valence-electron chi connectivity index (χ0n) is 16.8. The van der Waals surface area contributed by atoms with Crippen LogP contribution >= 0.6 is 0 Å². The standard InChI is InChI=1S/C22H27N3O4/c1-16(18-5-7-19(8-6-18)20(26)28-2)25-21(27)22(9-12-29-13-10-22)24-15-17-4-3-11-23-14-17/h3-8,11,14,16,24H,9-10,12-13,15H2,1-2H3,(H,25,27)/t16-/m0/s1. The van der Waals surface area contributed by atoms with Crippen LogP contribution in [0.5, 0.6) is 0 Å². The second kappa shape index (κ2) is 9.62. The van der Waals surface area contributed by atoms with E-state index in [0.717, 1.165) is 11.1 Å². The van der Waals surface area contributed by atoms with Crippen molar-refractivity contribution in [3.8, 4) is 0 Å². The molecule has 29 heavy (non-hydrogen) atoms. The predicted molar refractivity (Wildman–Crippen MR) is 108 cm³/mol. The fourth-order valence-electron chi connectivity index (χ4n) is 3.42.